The molecule has 8 nitrogen and oxygen atoms in total. The van der Waals surface area contributed by atoms with E-state index in [1.54, 1.807) is 42.5 Å². The average Bonchev–Trinajstić information content (AvgIpc) is 2.71. The summed E-state index contributed by atoms with van der Waals surface area (Å²) in [6.07, 6.45) is -1.37. The summed E-state index contributed by atoms with van der Waals surface area (Å²) in [7, 11) is -2.82. The standard InChI is InChI=1S/C20H24N2O6S/c1-13-9-11-16(12-10-13)29(26,27)22-14(2)19(24)21-17(20(25)28-3)18(23)15-7-5-4-6-8-15/h4-12,14,17-18,22-23H,1-3H3,(H,21,24). The number of aliphatic hydroxyl groups is 1. The van der Waals surface area contributed by atoms with Crippen molar-refractivity contribution in [1.82, 2.24) is 10.0 Å². The van der Waals surface area contributed by atoms with Gasteiger partial charge in [0, 0.05) is 0 Å². The number of rotatable bonds is 8. The van der Waals surface area contributed by atoms with Gasteiger partial charge in [-0.15, -0.1) is 0 Å². The van der Waals surface area contributed by atoms with Crippen molar-refractivity contribution in [3.05, 3.63) is 65.7 Å². The lowest BCUT2D eigenvalue weighted by Crippen LogP contribution is -2.52. The summed E-state index contributed by atoms with van der Waals surface area (Å²) in [6, 6.07) is 11.8. The lowest BCUT2D eigenvalue weighted by Gasteiger charge is -2.24. The Morgan fingerprint density at radius 2 is 1.62 bits per heavy atom. The second-order valence-electron chi connectivity index (χ2n) is 6.52. The number of hydrogen-bond donors (Lipinski definition) is 3. The van der Waals surface area contributed by atoms with Crippen molar-refractivity contribution in [2.75, 3.05) is 7.11 Å². The fraction of sp³-hybridized carbons (Fsp3) is 0.300. The third-order valence-corrected chi connectivity index (χ3v) is 5.82. The molecule has 0 heterocycles. The lowest BCUT2D eigenvalue weighted by molar-refractivity contribution is -0.148. The topological polar surface area (TPSA) is 122 Å². The molecule has 9 heteroatoms. The van der Waals surface area contributed by atoms with E-state index in [-0.39, 0.29) is 4.90 Å². The molecule has 0 aromatic heterocycles. The molecule has 2 aromatic carbocycles. The molecule has 0 aliphatic rings. The SMILES string of the molecule is COC(=O)C(NC(=O)C(C)NS(=O)(=O)c1ccc(C)cc1)C(O)c1ccccc1. The normalized spacial score (nSPS) is 14.5. The Hall–Kier alpha value is -2.75. The zero-order valence-electron chi connectivity index (χ0n) is 16.3. The Bertz CT molecular complexity index is 945. The van der Waals surface area contributed by atoms with Crippen LogP contribution in [-0.4, -0.2) is 44.6 Å². The minimum absolute atomic E-state index is 0.0107. The number of aliphatic hydroxyl groups excluding tert-OH is 1. The Morgan fingerprint density at radius 3 is 2.17 bits per heavy atom. The van der Waals surface area contributed by atoms with Gasteiger partial charge < -0.3 is 15.2 Å². The minimum Gasteiger partial charge on any atom is -0.467 e. The van der Waals surface area contributed by atoms with E-state index in [4.69, 9.17) is 0 Å². The van der Waals surface area contributed by atoms with Crippen LogP contribution in [0.15, 0.2) is 59.5 Å². The molecule has 3 atom stereocenters. The van der Waals surface area contributed by atoms with Crippen LogP contribution in [0.1, 0.15) is 24.2 Å². The highest BCUT2D eigenvalue weighted by molar-refractivity contribution is 7.89. The first kappa shape index (κ1) is 22.5. The van der Waals surface area contributed by atoms with Gasteiger partial charge in [-0.3, -0.25) is 4.79 Å². The number of esters is 1. The molecule has 0 aliphatic carbocycles. The van der Waals surface area contributed by atoms with Crippen molar-refractivity contribution < 1.29 is 27.9 Å². The van der Waals surface area contributed by atoms with Crippen molar-refractivity contribution in [1.29, 1.82) is 0 Å². The molecule has 0 saturated heterocycles. The lowest BCUT2D eigenvalue weighted by atomic mass is 10.0. The maximum Gasteiger partial charge on any atom is 0.331 e. The minimum atomic E-state index is -3.94. The van der Waals surface area contributed by atoms with E-state index in [9.17, 15) is 23.1 Å². The summed E-state index contributed by atoms with van der Waals surface area (Å²) in [5, 5.41) is 12.9. The van der Waals surface area contributed by atoms with Crippen LogP contribution >= 0.6 is 0 Å². The Labute approximate surface area is 169 Å². The number of amides is 1. The fourth-order valence-corrected chi connectivity index (χ4v) is 3.79. The average molecular weight is 420 g/mol. The van der Waals surface area contributed by atoms with E-state index < -0.39 is 40.1 Å². The van der Waals surface area contributed by atoms with Gasteiger partial charge in [0.15, 0.2) is 6.04 Å². The number of hydrogen-bond acceptors (Lipinski definition) is 6. The van der Waals surface area contributed by atoms with Crippen molar-refractivity contribution in [2.24, 2.45) is 0 Å². The van der Waals surface area contributed by atoms with Gasteiger partial charge in [-0.25, -0.2) is 13.2 Å². The number of nitrogens with one attached hydrogen (secondary N) is 2. The highest BCUT2D eigenvalue weighted by Crippen LogP contribution is 2.18. The molecule has 0 saturated carbocycles. The quantitative estimate of drug-likeness (QED) is 0.549. The van der Waals surface area contributed by atoms with E-state index >= 15 is 0 Å². The van der Waals surface area contributed by atoms with Crippen LogP contribution in [-0.2, 0) is 24.3 Å². The number of carbonyl (C=O) groups excluding carboxylic acids is 2. The smallest absolute Gasteiger partial charge is 0.331 e. The summed E-state index contributed by atoms with van der Waals surface area (Å²) in [6.45, 7) is 3.16. The van der Waals surface area contributed by atoms with Gasteiger partial charge in [0.25, 0.3) is 0 Å². The van der Waals surface area contributed by atoms with Crippen LogP contribution in [0.5, 0.6) is 0 Å². The predicted molar refractivity (Wildman–Crippen MR) is 106 cm³/mol. The van der Waals surface area contributed by atoms with E-state index in [1.807, 2.05) is 6.92 Å². The number of methoxy groups -OCH3 is 1. The molecular formula is C20H24N2O6S. The first-order chi connectivity index (χ1) is 13.7. The van der Waals surface area contributed by atoms with Crippen LogP contribution < -0.4 is 10.0 Å². The van der Waals surface area contributed by atoms with E-state index in [0.717, 1.165) is 12.7 Å². The number of aryl methyl sites for hydroxylation is 1. The van der Waals surface area contributed by atoms with Gasteiger partial charge in [0.1, 0.15) is 6.10 Å². The molecule has 3 unspecified atom stereocenters. The number of ether oxygens (including phenoxy) is 1. The summed E-state index contributed by atoms with van der Waals surface area (Å²) >= 11 is 0. The van der Waals surface area contributed by atoms with Gasteiger partial charge in [0.2, 0.25) is 15.9 Å². The van der Waals surface area contributed by atoms with Crippen LogP contribution in [0.25, 0.3) is 0 Å². The van der Waals surface area contributed by atoms with Crippen molar-refractivity contribution in [2.45, 2.75) is 36.9 Å². The summed E-state index contributed by atoms with van der Waals surface area (Å²) in [5.41, 5.74) is 1.29. The second kappa shape index (κ2) is 9.64. The van der Waals surface area contributed by atoms with Crippen LogP contribution in [0.3, 0.4) is 0 Å². The maximum absolute atomic E-state index is 12.5. The molecule has 3 N–H and O–H groups in total. The van der Waals surface area contributed by atoms with E-state index in [1.165, 1.54) is 19.1 Å². The maximum atomic E-state index is 12.5. The first-order valence-electron chi connectivity index (χ1n) is 8.86. The van der Waals surface area contributed by atoms with Crippen molar-refractivity contribution in [3.63, 3.8) is 0 Å². The predicted octanol–water partition coefficient (Wildman–Crippen LogP) is 1.05. The van der Waals surface area contributed by atoms with Crippen LogP contribution in [0, 0.1) is 6.92 Å². The third-order valence-electron chi connectivity index (χ3n) is 4.27. The molecular weight excluding hydrogens is 396 g/mol. The molecule has 1 amide bonds. The zero-order valence-corrected chi connectivity index (χ0v) is 17.1. The monoisotopic (exact) mass is 420 g/mol. The Kier molecular flexibility index (Phi) is 7.49. The second-order valence-corrected chi connectivity index (χ2v) is 8.23. The molecule has 0 fully saturated rings. The largest absolute Gasteiger partial charge is 0.467 e. The molecule has 0 spiro atoms. The van der Waals surface area contributed by atoms with Gasteiger partial charge in [-0.05, 0) is 31.5 Å². The van der Waals surface area contributed by atoms with Gasteiger partial charge >= 0.3 is 5.97 Å². The van der Waals surface area contributed by atoms with Gasteiger partial charge in [-0.2, -0.15) is 4.72 Å². The Morgan fingerprint density at radius 1 is 1.03 bits per heavy atom. The molecule has 0 radical (unpaired) electrons. The number of carbonyl (C=O) groups is 2. The van der Waals surface area contributed by atoms with Gasteiger partial charge in [0.05, 0.1) is 18.0 Å². The van der Waals surface area contributed by atoms with Crippen LogP contribution in [0.4, 0.5) is 0 Å². The highest BCUT2D eigenvalue weighted by Gasteiger charge is 2.33. The molecule has 0 aliphatic heterocycles. The first-order valence-corrected chi connectivity index (χ1v) is 10.3. The van der Waals surface area contributed by atoms with Crippen LogP contribution in [0.2, 0.25) is 0 Å². The molecule has 156 valence electrons. The Balaban J connectivity index is 2.14. The highest BCUT2D eigenvalue weighted by atomic mass is 32.2. The summed E-state index contributed by atoms with van der Waals surface area (Å²) in [5.74, 6) is -1.64. The molecule has 0 bridgehead atoms. The van der Waals surface area contributed by atoms with E-state index in [0.29, 0.717) is 5.56 Å². The number of sulfonamides is 1. The molecule has 2 rings (SSSR count). The van der Waals surface area contributed by atoms with Crippen molar-refractivity contribution >= 4 is 21.9 Å². The number of benzene rings is 2. The summed E-state index contributed by atoms with van der Waals surface area (Å²) in [4.78, 5) is 24.6. The molecule has 2 aromatic rings. The summed E-state index contributed by atoms with van der Waals surface area (Å²) < 4.78 is 31.8. The third kappa shape index (κ3) is 5.86. The fourth-order valence-electron chi connectivity index (χ4n) is 2.59. The van der Waals surface area contributed by atoms with E-state index in [2.05, 4.69) is 14.8 Å². The zero-order chi connectivity index (χ0) is 21.6. The van der Waals surface area contributed by atoms with Crippen molar-refractivity contribution in [3.8, 4) is 0 Å². The molecule has 29 heavy (non-hydrogen) atoms. The van der Waals surface area contributed by atoms with Gasteiger partial charge in [-0.1, -0.05) is 48.0 Å².